The van der Waals surface area contributed by atoms with Crippen LogP contribution in [0.2, 0.25) is 0 Å². The van der Waals surface area contributed by atoms with E-state index in [0.29, 0.717) is 24.0 Å². The van der Waals surface area contributed by atoms with Crippen molar-refractivity contribution < 1.29 is 9.18 Å². The van der Waals surface area contributed by atoms with Gasteiger partial charge in [0.25, 0.3) is 5.91 Å². The van der Waals surface area contributed by atoms with Crippen LogP contribution >= 0.6 is 0 Å². The summed E-state index contributed by atoms with van der Waals surface area (Å²) in [7, 11) is 0. The van der Waals surface area contributed by atoms with Crippen molar-refractivity contribution in [3.63, 3.8) is 0 Å². The first kappa shape index (κ1) is 14.1. The third-order valence-electron chi connectivity index (χ3n) is 4.94. The van der Waals surface area contributed by atoms with Gasteiger partial charge in [-0.2, -0.15) is 0 Å². The minimum Gasteiger partial charge on any atom is -0.347 e. The van der Waals surface area contributed by atoms with Gasteiger partial charge in [0.1, 0.15) is 5.82 Å². The summed E-state index contributed by atoms with van der Waals surface area (Å²) in [4.78, 5) is 22.9. The zero-order valence-corrected chi connectivity index (χ0v) is 12.6. The highest BCUT2D eigenvalue weighted by atomic mass is 19.1. The fourth-order valence-electron chi connectivity index (χ4n) is 3.56. The average Bonchev–Trinajstić information content (AvgIpc) is 2.81. The molecule has 0 radical (unpaired) electrons. The molecule has 1 saturated heterocycles. The lowest BCUT2D eigenvalue weighted by molar-refractivity contribution is 0.0786. The highest BCUT2D eigenvalue weighted by molar-refractivity contribution is 5.94. The largest absolute Gasteiger partial charge is 0.347 e. The van der Waals surface area contributed by atoms with Gasteiger partial charge in [-0.05, 0) is 43.2 Å². The van der Waals surface area contributed by atoms with Crippen molar-refractivity contribution in [2.75, 3.05) is 18.4 Å². The first-order valence-corrected chi connectivity index (χ1v) is 7.76. The molecule has 1 N–H and O–H groups in total. The van der Waals surface area contributed by atoms with Crippen LogP contribution < -0.4 is 5.32 Å². The van der Waals surface area contributed by atoms with Crippen molar-refractivity contribution in [1.82, 2.24) is 14.9 Å². The molecule has 4 rings (SSSR count). The van der Waals surface area contributed by atoms with Crippen LogP contribution in [0.4, 0.5) is 10.3 Å². The molecule has 1 saturated carbocycles. The van der Waals surface area contributed by atoms with E-state index >= 15 is 0 Å². The molecule has 2 heterocycles. The molecule has 23 heavy (non-hydrogen) atoms. The average molecular weight is 312 g/mol. The van der Waals surface area contributed by atoms with Gasteiger partial charge in [-0.25, -0.2) is 14.4 Å². The number of hydrogen-bond donors (Lipinski definition) is 1. The fourth-order valence-corrected chi connectivity index (χ4v) is 3.56. The molecule has 2 atom stereocenters. The van der Waals surface area contributed by atoms with Gasteiger partial charge in [0.05, 0.1) is 5.54 Å². The molecule has 5 nitrogen and oxygen atoms in total. The maximum Gasteiger partial charge on any atom is 0.253 e. The van der Waals surface area contributed by atoms with Crippen molar-refractivity contribution in [2.45, 2.75) is 18.4 Å². The van der Waals surface area contributed by atoms with Crippen molar-refractivity contribution in [2.24, 2.45) is 5.92 Å². The van der Waals surface area contributed by atoms with Crippen LogP contribution in [0.25, 0.3) is 0 Å². The number of carbonyl (C=O) groups is 1. The van der Waals surface area contributed by atoms with E-state index in [9.17, 15) is 9.18 Å². The molecule has 0 spiro atoms. The van der Waals surface area contributed by atoms with Crippen LogP contribution in [0.1, 0.15) is 23.2 Å². The fraction of sp³-hybridized carbons (Fsp3) is 0.353. The summed E-state index contributed by atoms with van der Waals surface area (Å²) in [6.45, 7) is 1.35. The quantitative estimate of drug-likeness (QED) is 0.945. The van der Waals surface area contributed by atoms with E-state index in [1.165, 1.54) is 24.3 Å². The van der Waals surface area contributed by atoms with Crippen LogP contribution in [0.5, 0.6) is 0 Å². The molecule has 2 unspecified atom stereocenters. The summed E-state index contributed by atoms with van der Waals surface area (Å²) < 4.78 is 13.0. The molecule has 0 bridgehead atoms. The molecule has 6 heteroatoms. The van der Waals surface area contributed by atoms with Crippen molar-refractivity contribution in [3.05, 3.63) is 54.1 Å². The number of benzene rings is 1. The third-order valence-corrected chi connectivity index (χ3v) is 4.94. The number of likely N-dealkylation sites (tertiary alicyclic amines) is 1. The summed E-state index contributed by atoms with van der Waals surface area (Å²) >= 11 is 0. The second kappa shape index (κ2) is 5.30. The van der Waals surface area contributed by atoms with Gasteiger partial charge in [0.2, 0.25) is 5.95 Å². The number of nitrogens with one attached hydrogen (secondary N) is 1. The molecule has 2 aliphatic rings. The van der Waals surface area contributed by atoms with Crippen LogP contribution in [0.3, 0.4) is 0 Å². The lowest BCUT2D eigenvalue weighted by atomic mass is 9.69. The van der Waals surface area contributed by atoms with Gasteiger partial charge >= 0.3 is 0 Å². The Hall–Kier alpha value is -2.50. The zero-order valence-electron chi connectivity index (χ0n) is 12.6. The first-order valence-electron chi connectivity index (χ1n) is 7.76. The van der Waals surface area contributed by atoms with E-state index in [4.69, 9.17) is 0 Å². The third kappa shape index (κ3) is 2.44. The lowest BCUT2D eigenvalue weighted by Crippen LogP contribution is -2.53. The minimum atomic E-state index is -0.331. The number of hydrogen-bond acceptors (Lipinski definition) is 4. The Morgan fingerprint density at radius 1 is 1.26 bits per heavy atom. The van der Waals surface area contributed by atoms with E-state index in [0.717, 1.165) is 19.4 Å². The highest BCUT2D eigenvalue weighted by Crippen LogP contribution is 2.46. The predicted octanol–water partition coefficient (Wildman–Crippen LogP) is 2.33. The maximum absolute atomic E-state index is 13.0. The second-order valence-corrected chi connectivity index (χ2v) is 6.28. The molecule has 1 aromatic carbocycles. The highest BCUT2D eigenvalue weighted by Gasteiger charge is 2.54. The SMILES string of the molecule is O=C(c1ccc(F)cc1)N1CC2CCC2(Nc2ncccn2)C1. The molecule has 1 aliphatic heterocycles. The summed E-state index contributed by atoms with van der Waals surface area (Å²) in [5, 5.41) is 3.42. The van der Waals surface area contributed by atoms with Gasteiger partial charge < -0.3 is 10.2 Å². The van der Waals surface area contributed by atoms with Gasteiger partial charge in [-0.3, -0.25) is 4.79 Å². The summed E-state index contributed by atoms with van der Waals surface area (Å²) in [5.74, 6) is 0.640. The number of halogens is 1. The van der Waals surface area contributed by atoms with Gasteiger partial charge in [-0.1, -0.05) is 0 Å². The van der Waals surface area contributed by atoms with E-state index < -0.39 is 0 Å². The Morgan fingerprint density at radius 3 is 2.65 bits per heavy atom. The van der Waals surface area contributed by atoms with Gasteiger partial charge in [-0.15, -0.1) is 0 Å². The Morgan fingerprint density at radius 2 is 2.00 bits per heavy atom. The Bertz CT molecular complexity index is 721. The molecule has 118 valence electrons. The van der Waals surface area contributed by atoms with Crippen LogP contribution in [0.15, 0.2) is 42.7 Å². The van der Waals surface area contributed by atoms with Gasteiger partial charge in [0.15, 0.2) is 0 Å². The Balaban J connectivity index is 1.51. The van der Waals surface area contributed by atoms with Gasteiger partial charge in [0, 0.05) is 37.0 Å². The molecule has 1 aromatic heterocycles. The summed E-state index contributed by atoms with van der Waals surface area (Å²) in [6.07, 6.45) is 5.50. The van der Waals surface area contributed by atoms with Crippen LogP contribution in [-0.4, -0.2) is 39.4 Å². The monoisotopic (exact) mass is 312 g/mol. The maximum atomic E-state index is 13.0. The number of carbonyl (C=O) groups excluding carboxylic acids is 1. The topological polar surface area (TPSA) is 58.1 Å². The van der Waals surface area contributed by atoms with E-state index in [1.807, 2.05) is 4.90 Å². The van der Waals surface area contributed by atoms with E-state index in [1.54, 1.807) is 18.5 Å². The molecule has 1 amide bonds. The molecule has 1 aliphatic carbocycles. The second-order valence-electron chi connectivity index (χ2n) is 6.28. The predicted molar refractivity (Wildman–Crippen MR) is 83.4 cm³/mol. The van der Waals surface area contributed by atoms with Crippen molar-refractivity contribution in [1.29, 1.82) is 0 Å². The zero-order chi connectivity index (χ0) is 15.9. The number of nitrogens with zero attached hydrogens (tertiary/aromatic N) is 3. The molecule has 2 fully saturated rings. The molecular weight excluding hydrogens is 295 g/mol. The van der Waals surface area contributed by atoms with Crippen LogP contribution in [0, 0.1) is 11.7 Å². The Kier molecular flexibility index (Phi) is 3.25. The normalized spacial score (nSPS) is 25.6. The smallest absolute Gasteiger partial charge is 0.253 e. The number of aromatic nitrogens is 2. The van der Waals surface area contributed by atoms with Crippen LogP contribution in [-0.2, 0) is 0 Å². The molecule has 2 aromatic rings. The number of amides is 1. The van der Waals surface area contributed by atoms with E-state index in [2.05, 4.69) is 15.3 Å². The van der Waals surface area contributed by atoms with Crippen molar-refractivity contribution in [3.8, 4) is 0 Å². The number of fused-ring (bicyclic) bond motifs is 1. The summed E-state index contributed by atoms with van der Waals surface area (Å²) in [5.41, 5.74) is 0.399. The van der Waals surface area contributed by atoms with Crippen molar-refractivity contribution >= 4 is 11.9 Å². The lowest BCUT2D eigenvalue weighted by Gasteiger charge is -2.44. The minimum absolute atomic E-state index is 0.0467. The molecular formula is C17H17FN4O. The first-order chi connectivity index (χ1) is 11.2. The summed E-state index contributed by atoms with van der Waals surface area (Å²) in [6, 6.07) is 7.50. The number of anilines is 1. The standard InChI is InChI=1S/C17H17FN4O/c18-14-4-2-12(3-5-14)15(23)22-10-13-6-7-17(13,11-22)21-16-19-8-1-9-20-16/h1-5,8-9,13H,6-7,10-11H2,(H,19,20,21). The Labute approximate surface area is 133 Å². The van der Waals surface area contributed by atoms with E-state index in [-0.39, 0.29) is 17.3 Å². The number of rotatable bonds is 3.